The number of hydrogen-bond acceptors (Lipinski definition) is 7. The monoisotopic (exact) mass is 793 g/mol. The van der Waals surface area contributed by atoms with Crippen molar-refractivity contribution < 1.29 is 49.8 Å². The van der Waals surface area contributed by atoms with E-state index >= 15 is 0 Å². The van der Waals surface area contributed by atoms with Crippen LogP contribution in [0.4, 0.5) is 22.0 Å². The molecule has 298 valence electrons. The summed E-state index contributed by atoms with van der Waals surface area (Å²) in [5, 5.41) is 12.9. The van der Waals surface area contributed by atoms with E-state index in [4.69, 9.17) is 4.74 Å². The number of aliphatic carboxylic acids is 1. The van der Waals surface area contributed by atoms with Crippen molar-refractivity contribution in [3.05, 3.63) is 41.9 Å². The number of amides is 1. The molecule has 0 radical (unpaired) electrons. The van der Waals surface area contributed by atoms with Crippen LogP contribution in [0.5, 0.6) is 5.75 Å². The summed E-state index contributed by atoms with van der Waals surface area (Å²) >= 11 is 0. The number of halogens is 5. The fourth-order valence-corrected chi connectivity index (χ4v) is 11.5. The zero-order valence-electron chi connectivity index (χ0n) is 30.3. The van der Waals surface area contributed by atoms with Gasteiger partial charge in [0.1, 0.15) is 17.4 Å². The maximum Gasteiger partial charge on any atom is 0.434 e. The number of hydrogen-bond donors (Lipinski definition) is 2. The van der Waals surface area contributed by atoms with E-state index in [0.717, 1.165) is 12.6 Å². The summed E-state index contributed by atoms with van der Waals surface area (Å²) in [7, 11) is -3.31. The second-order valence-electron chi connectivity index (χ2n) is 16.4. The highest BCUT2D eigenvalue weighted by molar-refractivity contribution is 7.90. The first kappa shape index (κ1) is 38.0. The van der Waals surface area contributed by atoms with Crippen molar-refractivity contribution in [2.24, 2.45) is 17.8 Å². The zero-order chi connectivity index (χ0) is 39.1. The maximum atomic E-state index is 14.7. The molecule has 5 fully saturated rings. The predicted molar refractivity (Wildman–Crippen MR) is 190 cm³/mol. The van der Waals surface area contributed by atoms with E-state index in [1.165, 1.54) is 4.31 Å². The highest BCUT2D eigenvalue weighted by Crippen LogP contribution is 2.51. The molecule has 17 heteroatoms. The summed E-state index contributed by atoms with van der Waals surface area (Å²) in [6.45, 7) is 2.65. The smallest absolute Gasteiger partial charge is 0.434 e. The lowest BCUT2D eigenvalue weighted by molar-refractivity contribution is -0.146. The predicted octanol–water partition coefficient (Wildman–Crippen LogP) is 7.21. The van der Waals surface area contributed by atoms with Crippen LogP contribution in [0.1, 0.15) is 106 Å². The highest BCUT2D eigenvalue weighted by atomic mass is 32.2. The lowest BCUT2D eigenvalue weighted by atomic mass is 9.78. The number of nitrogens with zero attached hydrogens (tertiary/aromatic N) is 4. The Morgan fingerprint density at radius 3 is 2.38 bits per heavy atom. The van der Waals surface area contributed by atoms with E-state index in [9.17, 15) is 45.1 Å². The molecule has 5 aliphatic rings. The van der Waals surface area contributed by atoms with E-state index in [1.54, 1.807) is 29.0 Å². The third kappa shape index (κ3) is 7.19. The number of aromatic nitrogens is 3. The molecular formula is C38H44F5N5O6S. The van der Waals surface area contributed by atoms with Crippen molar-refractivity contribution in [3.8, 4) is 17.1 Å². The van der Waals surface area contributed by atoms with Crippen LogP contribution >= 0.6 is 0 Å². The molecule has 3 aromatic rings. The van der Waals surface area contributed by atoms with Gasteiger partial charge in [0.15, 0.2) is 11.5 Å². The second kappa shape index (κ2) is 13.7. The first-order valence-corrected chi connectivity index (χ1v) is 20.6. The number of nitrogens with one attached hydrogen (secondary N) is 1. The van der Waals surface area contributed by atoms with Crippen LogP contribution in [-0.4, -0.2) is 80.1 Å². The zero-order valence-corrected chi connectivity index (χ0v) is 31.1. The average Bonchev–Trinajstić information content (AvgIpc) is 3.88. The maximum absolute atomic E-state index is 14.7. The van der Waals surface area contributed by atoms with Gasteiger partial charge in [-0.05, 0) is 94.1 Å². The molecule has 1 aromatic carbocycles. The number of piperidine rings is 1. The Labute approximate surface area is 315 Å². The molecule has 1 aliphatic heterocycles. The van der Waals surface area contributed by atoms with E-state index in [0.29, 0.717) is 68.3 Å². The number of sulfonamides is 1. The highest BCUT2D eigenvalue weighted by Gasteiger charge is 2.56. The largest absolute Gasteiger partial charge is 0.490 e. The standard InChI is InChI=1S/C38H44F5N5O6S/c1-21-14-22-16-23(15-21)37(18-22,35(50)51)46-34(49)29-19-44-33(45-32(29)38(41,42)43)30-20-48(24-6-10-36(39,40)11-7-24)31-17-26(2-5-28(30)31)54-25-8-12-47(13-9-25)55(52,53)27-3-4-27/h2,5,17,19-25,27H,3-4,6-16,18H2,1H3,(H,46,49)(H,50,51). The van der Waals surface area contributed by atoms with Gasteiger partial charge >= 0.3 is 12.1 Å². The third-order valence-electron chi connectivity index (χ3n) is 12.5. The van der Waals surface area contributed by atoms with Crippen LogP contribution < -0.4 is 10.1 Å². The van der Waals surface area contributed by atoms with Crippen LogP contribution in [0.25, 0.3) is 22.3 Å². The number of carbonyl (C=O) groups is 2. The van der Waals surface area contributed by atoms with Gasteiger partial charge in [-0.1, -0.05) is 6.92 Å². The third-order valence-corrected chi connectivity index (χ3v) is 14.9. The van der Waals surface area contributed by atoms with Crippen LogP contribution in [0.15, 0.2) is 30.6 Å². The topological polar surface area (TPSA) is 144 Å². The second-order valence-corrected chi connectivity index (χ2v) is 18.7. The summed E-state index contributed by atoms with van der Waals surface area (Å²) in [5.74, 6) is -5.39. The Bertz CT molecular complexity index is 2110. The van der Waals surface area contributed by atoms with Crippen molar-refractivity contribution in [1.29, 1.82) is 0 Å². The normalized spacial score (nSPS) is 28.0. The molecule has 2 bridgehead atoms. The minimum atomic E-state index is -5.11. The van der Waals surface area contributed by atoms with Crippen molar-refractivity contribution in [1.82, 2.24) is 24.2 Å². The molecule has 11 nitrogen and oxygen atoms in total. The van der Waals surface area contributed by atoms with Crippen molar-refractivity contribution >= 4 is 32.8 Å². The first-order chi connectivity index (χ1) is 25.9. The van der Waals surface area contributed by atoms with Crippen LogP contribution in [0.3, 0.4) is 0 Å². The quantitative estimate of drug-likeness (QED) is 0.217. The molecule has 3 heterocycles. The molecule has 2 aromatic heterocycles. The molecule has 2 N–H and O–H groups in total. The number of rotatable bonds is 9. The minimum Gasteiger partial charge on any atom is -0.490 e. The van der Waals surface area contributed by atoms with E-state index in [2.05, 4.69) is 15.3 Å². The number of carboxylic acid groups (broad SMARTS) is 1. The van der Waals surface area contributed by atoms with Crippen molar-refractivity contribution in [2.45, 2.75) is 119 Å². The average molecular weight is 794 g/mol. The SMILES string of the molecule is CC1CC2CC(C1)C(NC(=O)c1cnc(-c3cn(C4CCC(F)(F)CC4)c4cc(OC5CCN(S(=O)(=O)C6CC6)CC5)ccc34)nc1C(F)(F)F)(C(=O)O)C2. The Morgan fingerprint density at radius 1 is 1.02 bits per heavy atom. The van der Waals surface area contributed by atoms with Gasteiger partial charge in [0.25, 0.3) is 5.91 Å². The van der Waals surface area contributed by atoms with Crippen molar-refractivity contribution in [2.75, 3.05) is 13.1 Å². The number of benzene rings is 1. The number of alkyl halides is 5. The lowest BCUT2D eigenvalue weighted by Crippen LogP contribution is -2.57. The van der Waals surface area contributed by atoms with Gasteiger partial charge < -0.3 is 19.7 Å². The molecule has 8 rings (SSSR count). The van der Waals surface area contributed by atoms with Crippen LogP contribution in [0, 0.1) is 17.8 Å². The first-order valence-electron chi connectivity index (χ1n) is 19.1. The molecule has 4 aliphatic carbocycles. The van der Waals surface area contributed by atoms with Gasteiger partial charge in [-0.25, -0.2) is 36.3 Å². The van der Waals surface area contributed by atoms with E-state index in [1.807, 2.05) is 6.92 Å². The van der Waals surface area contributed by atoms with Gasteiger partial charge in [-0.3, -0.25) is 4.79 Å². The Kier molecular flexibility index (Phi) is 9.45. The molecule has 55 heavy (non-hydrogen) atoms. The van der Waals surface area contributed by atoms with E-state index < -0.39 is 62.8 Å². The minimum absolute atomic E-state index is 0.0354. The van der Waals surface area contributed by atoms with Crippen LogP contribution in [0.2, 0.25) is 0 Å². The van der Waals surface area contributed by atoms with Crippen LogP contribution in [-0.2, 0) is 21.0 Å². The molecular weight excluding hydrogens is 750 g/mol. The fourth-order valence-electron chi connectivity index (χ4n) is 9.63. The van der Waals surface area contributed by atoms with Crippen molar-refractivity contribution in [3.63, 3.8) is 0 Å². The number of carboxylic acids is 1. The fraction of sp³-hybridized carbons (Fsp3) is 0.632. The van der Waals surface area contributed by atoms with Gasteiger partial charge in [0.05, 0.1) is 16.3 Å². The van der Waals surface area contributed by atoms with Gasteiger partial charge in [0.2, 0.25) is 15.9 Å². The summed E-state index contributed by atoms with van der Waals surface area (Å²) in [6, 6.07) is 4.59. The summed E-state index contributed by atoms with van der Waals surface area (Å²) in [5.41, 5.74) is -3.41. The summed E-state index contributed by atoms with van der Waals surface area (Å²) in [6.07, 6.45) is 0.749. The Morgan fingerprint density at radius 2 is 1.73 bits per heavy atom. The van der Waals surface area contributed by atoms with E-state index in [-0.39, 0.29) is 66.7 Å². The molecule has 1 amide bonds. The molecule has 1 saturated heterocycles. The lowest BCUT2D eigenvalue weighted by Gasteiger charge is -2.33. The van der Waals surface area contributed by atoms with Gasteiger partial charge in [-0.2, -0.15) is 13.2 Å². The summed E-state index contributed by atoms with van der Waals surface area (Å²) < 4.78 is 108. The Hall–Kier alpha value is -3.86. The molecule has 4 atom stereocenters. The molecule has 0 spiro atoms. The van der Waals surface area contributed by atoms with Gasteiger partial charge in [0, 0.05) is 61.4 Å². The number of ether oxygens (including phenoxy) is 1. The summed E-state index contributed by atoms with van der Waals surface area (Å²) in [4.78, 5) is 34.3. The number of fused-ring (bicyclic) bond motifs is 3. The molecule has 4 saturated carbocycles. The Balaban J connectivity index is 1.11. The number of carbonyl (C=O) groups excluding carboxylic acids is 1. The molecule has 4 unspecified atom stereocenters. The van der Waals surface area contributed by atoms with Gasteiger partial charge in [-0.15, -0.1) is 0 Å².